The van der Waals surface area contributed by atoms with E-state index < -0.39 is 0 Å². The van der Waals surface area contributed by atoms with Crippen LogP contribution in [-0.2, 0) is 11.3 Å². The van der Waals surface area contributed by atoms with Crippen LogP contribution in [0.25, 0.3) is 0 Å². The minimum Gasteiger partial charge on any atom is -0.375 e. The SMILES string of the molecule is CCN1CC(N2CCN(C)CC2)C1.Cc1cc(COCCCCN2CCN(C)CC2)no1. The van der Waals surface area contributed by atoms with Crippen molar-refractivity contribution in [2.75, 3.05) is 99.2 Å². The molecule has 3 aliphatic heterocycles. The second-order valence-electron chi connectivity index (χ2n) is 9.68. The van der Waals surface area contributed by atoms with Crippen molar-refractivity contribution in [3.63, 3.8) is 0 Å². The first-order chi connectivity index (χ1) is 15.5. The third kappa shape index (κ3) is 8.72. The molecule has 1 aromatic heterocycles. The number of hydrogen-bond acceptors (Lipinski definition) is 8. The van der Waals surface area contributed by atoms with Gasteiger partial charge in [0.15, 0.2) is 0 Å². The zero-order valence-electron chi connectivity index (χ0n) is 21.0. The largest absolute Gasteiger partial charge is 0.375 e. The highest BCUT2D eigenvalue weighted by Gasteiger charge is 2.31. The Kier molecular flexibility index (Phi) is 10.9. The van der Waals surface area contributed by atoms with Gasteiger partial charge >= 0.3 is 0 Å². The fourth-order valence-corrected chi connectivity index (χ4v) is 4.49. The van der Waals surface area contributed by atoms with E-state index in [1.165, 1.54) is 85.0 Å². The molecule has 0 bridgehead atoms. The highest BCUT2D eigenvalue weighted by Crippen LogP contribution is 2.15. The molecule has 8 nitrogen and oxygen atoms in total. The molecule has 3 aliphatic rings. The molecule has 3 saturated heterocycles. The molecule has 3 fully saturated rings. The minimum atomic E-state index is 0.561. The summed E-state index contributed by atoms with van der Waals surface area (Å²) in [5.74, 6) is 0.841. The molecule has 4 heterocycles. The average Bonchev–Trinajstić information content (AvgIpc) is 3.18. The molecule has 8 heteroatoms. The summed E-state index contributed by atoms with van der Waals surface area (Å²) in [6, 6.07) is 2.79. The van der Waals surface area contributed by atoms with E-state index in [2.05, 4.69) is 50.7 Å². The topological polar surface area (TPSA) is 51.5 Å². The van der Waals surface area contributed by atoms with Gasteiger partial charge < -0.3 is 28.9 Å². The smallest absolute Gasteiger partial charge is 0.134 e. The summed E-state index contributed by atoms with van der Waals surface area (Å²) >= 11 is 0. The molecule has 0 unspecified atom stereocenters. The van der Waals surface area contributed by atoms with E-state index >= 15 is 0 Å². The second kappa shape index (κ2) is 13.6. The van der Waals surface area contributed by atoms with Crippen molar-refractivity contribution in [2.45, 2.75) is 39.3 Å². The molecule has 184 valence electrons. The number of nitrogens with zero attached hydrogens (tertiary/aromatic N) is 6. The van der Waals surface area contributed by atoms with Gasteiger partial charge in [-0.15, -0.1) is 0 Å². The van der Waals surface area contributed by atoms with E-state index in [0.717, 1.165) is 30.5 Å². The summed E-state index contributed by atoms with van der Waals surface area (Å²) in [6.07, 6.45) is 2.32. The van der Waals surface area contributed by atoms with Crippen molar-refractivity contribution in [3.8, 4) is 0 Å². The number of likely N-dealkylation sites (tertiary alicyclic amines) is 1. The molecule has 0 amide bonds. The fourth-order valence-electron chi connectivity index (χ4n) is 4.49. The number of likely N-dealkylation sites (N-methyl/N-ethyl adjacent to an activating group) is 3. The van der Waals surface area contributed by atoms with E-state index in [1.807, 2.05) is 13.0 Å². The van der Waals surface area contributed by atoms with Crippen LogP contribution in [0.4, 0.5) is 0 Å². The molecular formula is C24H46N6O2. The Balaban J connectivity index is 0.000000193. The molecule has 32 heavy (non-hydrogen) atoms. The molecular weight excluding hydrogens is 404 g/mol. The Morgan fingerprint density at radius 3 is 2.19 bits per heavy atom. The molecule has 0 aromatic carbocycles. The van der Waals surface area contributed by atoms with Crippen LogP contribution in [0.5, 0.6) is 0 Å². The second-order valence-corrected chi connectivity index (χ2v) is 9.68. The monoisotopic (exact) mass is 450 g/mol. The quantitative estimate of drug-likeness (QED) is 0.524. The Bertz CT molecular complexity index is 620. The summed E-state index contributed by atoms with van der Waals surface area (Å²) < 4.78 is 10.6. The van der Waals surface area contributed by atoms with Crippen LogP contribution < -0.4 is 0 Å². The van der Waals surface area contributed by atoms with Crippen LogP contribution in [-0.4, -0.2) is 135 Å². The molecule has 0 radical (unpaired) electrons. The molecule has 0 aliphatic carbocycles. The lowest BCUT2D eigenvalue weighted by Gasteiger charge is -2.47. The zero-order chi connectivity index (χ0) is 22.8. The normalized spacial score (nSPS) is 22.5. The van der Waals surface area contributed by atoms with Crippen molar-refractivity contribution in [3.05, 3.63) is 17.5 Å². The predicted molar refractivity (Wildman–Crippen MR) is 129 cm³/mol. The Hall–Kier alpha value is -1.03. The predicted octanol–water partition coefficient (Wildman–Crippen LogP) is 1.47. The van der Waals surface area contributed by atoms with E-state index in [0.29, 0.717) is 6.61 Å². The summed E-state index contributed by atoms with van der Waals surface area (Å²) in [7, 11) is 4.41. The van der Waals surface area contributed by atoms with Gasteiger partial charge in [0.1, 0.15) is 11.5 Å². The number of piperazine rings is 2. The van der Waals surface area contributed by atoms with Crippen LogP contribution in [0.3, 0.4) is 0 Å². The molecule has 0 atom stereocenters. The van der Waals surface area contributed by atoms with Gasteiger partial charge in [-0.3, -0.25) is 4.90 Å². The van der Waals surface area contributed by atoms with Crippen molar-refractivity contribution >= 4 is 0 Å². The van der Waals surface area contributed by atoms with Gasteiger partial charge in [0.05, 0.1) is 6.61 Å². The lowest BCUT2D eigenvalue weighted by atomic mass is 10.1. The minimum absolute atomic E-state index is 0.561. The number of aryl methyl sites for hydroxylation is 1. The van der Waals surface area contributed by atoms with Crippen molar-refractivity contribution in [1.29, 1.82) is 0 Å². The van der Waals surface area contributed by atoms with Gasteiger partial charge in [-0.2, -0.15) is 0 Å². The maximum absolute atomic E-state index is 5.59. The lowest BCUT2D eigenvalue weighted by molar-refractivity contribution is 0.0125. The highest BCUT2D eigenvalue weighted by molar-refractivity contribution is 5.01. The number of unbranched alkanes of at least 4 members (excludes halogenated alkanes) is 1. The van der Waals surface area contributed by atoms with Gasteiger partial charge in [0.25, 0.3) is 0 Å². The lowest BCUT2D eigenvalue weighted by Crippen LogP contribution is -2.62. The van der Waals surface area contributed by atoms with Gasteiger partial charge in [0, 0.05) is 84.2 Å². The Morgan fingerprint density at radius 1 is 0.938 bits per heavy atom. The maximum atomic E-state index is 5.59. The van der Waals surface area contributed by atoms with E-state index in [-0.39, 0.29) is 0 Å². The summed E-state index contributed by atoms with van der Waals surface area (Å²) in [4.78, 5) is 12.5. The standard InChI is InChI=1S/C14H25N3O2.C10H21N3/c1-13-11-14(15-19-13)12-18-10-4-3-5-17-8-6-16(2)7-9-17;1-3-12-8-10(9-12)13-6-4-11(2)5-7-13/h11H,3-10,12H2,1-2H3;10H,3-9H2,1-2H3. The number of hydrogen-bond donors (Lipinski definition) is 0. The summed E-state index contributed by atoms with van der Waals surface area (Å²) in [5.41, 5.74) is 0.886. The molecule has 4 rings (SSSR count). The first-order valence-corrected chi connectivity index (χ1v) is 12.6. The molecule has 0 saturated carbocycles. The van der Waals surface area contributed by atoms with Crippen molar-refractivity contribution in [1.82, 2.24) is 29.7 Å². The zero-order valence-corrected chi connectivity index (χ0v) is 21.0. The summed E-state index contributed by atoms with van der Waals surface area (Å²) in [5, 5.41) is 3.90. The van der Waals surface area contributed by atoms with Gasteiger partial charge in [-0.25, -0.2) is 0 Å². The first-order valence-electron chi connectivity index (χ1n) is 12.6. The third-order valence-electron chi connectivity index (χ3n) is 6.97. The Morgan fingerprint density at radius 2 is 1.59 bits per heavy atom. The summed E-state index contributed by atoms with van der Waals surface area (Å²) in [6.45, 7) is 20.4. The van der Waals surface area contributed by atoms with Crippen molar-refractivity contribution in [2.24, 2.45) is 0 Å². The maximum Gasteiger partial charge on any atom is 0.134 e. The Labute approximate surface area is 195 Å². The van der Waals surface area contributed by atoms with Gasteiger partial charge in [-0.1, -0.05) is 12.1 Å². The van der Waals surface area contributed by atoms with E-state index in [1.54, 1.807) is 0 Å². The van der Waals surface area contributed by atoms with Crippen LogP contribution >= 0.6 is 0 Å². The third-order valence-corrected chi connectivity index (χ3v) is 6.97. The molecule has 0 N–H and O–H groups in total. The number of rotatable bonds is 9. The van der Waals surface area contributed by atoms with Crippen LogP contribution in [0.15, 0.2) is 10.6 Å². The van der Waals surface area contributed by atoms with Crippen LogP contribution in [0, 0.1) is 6.92 Å². The molecule has 0 spiro atoms. The molecule has 1 aromatic rings. The van der Waals surface area contributed by atoms with Crippen LogP contribution in [0.2, 0.25) is 0 Å². The van der Waals surface area contributed by atoms with Crippen LogP contribution in [0.1, 0.15) is 31.2 Å². The first kappa shape index (κ1) is 25.6. The number of ether oxygens (including phenoxy) is 1. The number of aromatic nitrogens is 1. The van der Waals surface area contributed by atoms with E-state index in [4.69, 9.17) is 9.26 Å². The van der Waals surface area contributed by atoms with E-state index in [9.17, 15) is 0 Å². The fraction of sp³-hybridized carbons (Fsp3) is 0.875. The van der Waals surface area contributed by atoms with Gasteiger partial charge in [0.2, 0.25) is 0 Å². The van der Waals surface area contributed by atoms with Crippen molar-refractivity contribution < 1.29 is 9.26 Å². The highest BCUT2D eigenvalue weighted by atomic mass is 16.5. The van der Waals surface area contributed by atoms with Gasteiger partial charge in [-0.05, 0) is 47.0 Å². The average molecular weight is 451 g/mol.